The van der Waals surface area contributed by atoms with E-state index in [1.54, 1.807) is 0 Å². The maximum absolute atomic E-state index is 13.8. The molecule has 146 valence electrons. The minimum absolute atomic E-state index is 0.177. The molecule has 0 unspecified atom stereocenters. The van der Waals surface area contributed by atoms with Crippen LogP contribution in [0.15, 0.2) is 40.9 Å². The molecule has 0 spiro atoms. The molecule has 0 aliphatic carbocycles. The quantitative estimate of drug-likeness (QED) is 0.707. The lowest BCUT2D eigenvalue weighted by Crippen LogP contribution is -2.49. The summed E-state index contributed by atoms with van der Waals surface area (Å²) in [6, 6.07) is 9.97. The zero-order valence-corrected chi connectivity index (χ0v) is 16.9. The fraction of sp³-hybridized carbons (Fsp3) is 0.368. The second-order valence-corrected chi connectivity index (χ2v) is 7.78. The third kappa shape index (κ3) is 5.54. The Bertz CT molecular complexity index is 765. The number of piperazine rings is 1. The van der Waals surface area contributed by atoms with Crippen LogP contribution in [0.3, 0.4) is 0 Å². The summed E-state index contributed by atoms with van der Waals surface area (Å²) in [6.07, 6.45) is -0.842. The van der Waals surface area contributed by atoms with E-state index in [-0.39, 0.29) is 6.61 Å². The van der Waals surface area contributed by atoms with Crippen molar-refractivity contribution in [3.05, 3.63) is 57.5 Å². The van der Waals surface area contributed by atoms with E-state index in [0.29, 0.717) is 16.0 Å². The highest BCUT2D eigenvalue weighted by Crippen LogP contribution is 2.26. The van der Waals surface area contributed by atoms with Crippen molar-refractivity contribution in [3.63, 3.8) is 0 Å². The number of β-amino-alcohol motifs (C(OH)–C–C–N with tert-alkyl or cyclic N) is 1. The third-order valence-corrected chi connectivity index (χ3v) is 5.09. The van der Waals surface area contributed by atoms with Crippen LogP contribution in [0.25, 0.3) is 0 Å². The summed E-state index contributed by atoms with van der Waals surface area (Å²) in [6.45, 7) is 3.36. The third-order valence-electron chi connectivity index (χ3n) is 4.40. The standard InChI is InChI=1S/C19H20BrClF2N2O2/c20-13-8-17(22)19(18(23)9-13)27-12-16(26)11-24-4-6-25(7-5-24)15-3-1-2-14(21)10-15/h1-3,8-10,16,26H,4-7,11-12H2/t16-/m1/s1. The summed E-state index contributed by atoms with van der Waals surface area (Å²) in [5, 5.41) is 10.9. The fourth-order valence-corrected chi connectivity index (χ4v) is 3.65. The molecule has 27 heavy (non-hydrogen) atoms. The van der Waals surface area contributed by atoms with Gasteiger partial charge in [0.15, 0.2) is 17.4 Å². The number of hydrogen-bond acceptors (Lipinski definition) is 4. The zero-order valence-electron chi connectivity index (χ0n) is 14.5. The molecule has 1 aliphatic rings. The Morgan fingerprint density at radius 2 is 1.78 bits per heavy atom. The van der Waals surface area contributed by atoms with Crippen LogP contribution in [0.4, 0.5) is 14.5 Å². The fourth-order valence-electron chi connectivity index (χ4n) is 3.06. The molecule has 0 saturated carbocycles. The molecule has 3 rings (SSSR count). The second-order valence-electron chi connectivity index (χ2n) is 6.43. The van der Waals surface area contributed by atoms with Crippen molar-refractivity contribution in [3.8, 4) is 5.75 Å². The molecule has 0 aromatic heterocycles. The van der Waals surface area contributed by atoms with Gasteiger partial charge in [0.25, 0.3) is 0 Å². The topological polar surface area (TPSA) is 35.9 Å². The van der Waals surface area contributed by atoms with E-state index in [1.165, 1.54) is 0 Å². The van der Waals surface area contributed by atoms with Crippen LogP contribution >= 0.6 is 27.5 Å². The Kier molecular flexibility index (Phi) is 6.92. The predicted octanol–water partition coefficient (Wildman–Crippen LogP) is 3.94. The predicted molar refractivity (Wildman–Crippen MR) is 106 cm³/mol. The van der Waals surface area contributed by atoms with E-state index in [1.807, 2.05) is 24.3 Å². The van der Waals surface area contributed by atoms with Gasteiger partial charge in [-0.2, -0.15) is 0 Å². The van der Waals surface area contributed by atoms with Crippen LogP contribution in [-0.4, -0.2) is 55.4 Å². The largest absolute Gasteiger partial charge is 0.485 e. The van der Waals surface area contributed by atoms with Crippen LogP contribution in [0.1, 0.15) is 0 Å². The Hall–Kier alpha value is -1.41. The minimum atomic E-state index is -0.842. The molecule has 2 aromatic carbocycles. The Morgan fingerprint density at radius 3 is 2.41 bits per heavy atom. The molecule has 1 heterocycles. The monoisotopic (exact) mass is 460 g/mol. The molecular weight excluding hydrogens is 442 g/mol. The van der Waals surface area contributed by atoms with Gasteiger partial charge >= 0.3 is 0 Å². The molecule has 1 saturated heterocycles. The highest BCUT2D eigenvalue weighted by Gasteiger charge is 2.21. The average molecular weight is 462 g/mol. The normalized spacial score (nSPS) is 16.4. The van der Waals surface area contributed by atoms with Gasteiger partial charge < -0.3 is 14.7 Å². The van der Waals surface area contributed by atoms with E-state index in [4.69, 9.17) is 16.3 Å². The lowest BCUT2D eigenvalue weighted by atomic mass is 10.2. The number of benzene rings is 2. The zero-order chi connectivity index (χ0) is 19.4. The van der Waals surface area contributed by atoms with Gasteiger partial charge in [-0.3, -0.25) is 4.90 Å². The number of rotatable bonds is 6. The van der Waals surface area contributed by atoms with Crippen LogP contribution in [0, 0.1) is 11.6 Å². The SMILES string of the molecule is O[C@@H](COc1c(F)cc(Br)cc1F)CN1CCN(c2cccc(Cl)c2)CC1. The minimum Gasteiger partial charge on any atom is -0.485 e. The molecule has 0 bridgehead atoms. The van der Waals surface area contributed by atoms with Crippen LogP contribution < -0.4 is 9.64 Å². The first-order chi connectivity index (χ1) is 12.9. The first-order valence-corrected chi connectivity index (χ1v) is 9.78. The summed E-state index contributed by atoms with van der Waals surface area (Å²) in [4.78, 5) is 4.33. The lowest BCUT2D eigenvalue weighted by Gasteiger charge is -2.36. The van der Waals surface area contributed by atoms with Crippen LogP contribution in [-0.2, 0) is 0 Å². The number of hydrogen-bond donors (Lipinski definition) is 1. The Labute approximate surface area is 170 Å². The molecule has 1 atom stereocenters. The first-order valence-electron chi connectivity index (χ1n) is 8.60. The highest BCUT2D eigenvalue weighted by molar-refractivity contribution is 9.10. The highest BCUT2D eigenvalue weighted by atomic mass is 79.9. The van der Waals surface area contributed by atoms with Crippen molar-refractivity contribution in [1.82, 2.24) is 4.90 Å². The maximum Gasteiger partial charge on any atom is 0.190 e. The summed E-state index contributed by atoms with van der Waals surface area (Å²) in [5.74, 6) is -2.07. The smallest absolute Gasteiger partial charge is 0.190 e. The number of aliphatic hydroxyl groups excluding tert-OH is 1. The summed E-state index contributed by atoms with van der Waals surface area (Å²) < 4.78 is 33.0. The van der Waals surface area contributed by atoms with Gasteiger partial charge in [-0.05, 0) is 30.3 Å². The van der Waals surface area contributed by atoms with Gasteiger partial charge in [-0.1, -0.05) is 33.6 Å². The molecule has 1 N–H and O–H groups in total. The van der Waals surface area contributed by atoms with Gasteiger partial charge in [-0.15, -0.1) is 0 Å². The molecular formula is C19H20BrClF2N2O2. The first kappa shape index (κ1) is 20.3. The molecule has 2 aromatic rings. The van der Waals surface area contributed by atoms with Crippen molar-refractivity contribution in [2.24, 2.45) is 0 Å². The molecule has 8 heteroatoms. The molecule has 4 nitrogen and oxygen atoms in total. The maximum atomic E-state index is 13.8. The van der Waals surface area contributed by atoms with Gasteiger partial charge in [0.05, 0.1) is 0 Å². The van der Waals surface area contributed by atoms with Crippen molar-refractivity contribution in [1.29, 1.82) is 0 Å². The molecule has 1 fully saturated rings. The van der Waals surface area contributed by atoms with E-state index < -0.39 is 23.5 Å². The van der Waals surface area contributed by atoms with Crippen molar-refractivity contribution in [2.45, 2.75) is 6.10 Å². The van der Waals surface area contributed by atoms with Gasteiger partial charge in [0.1, 0.15) is 12.7 Å². The summed E-state index contributed by atoms with van der Waals surface area (Å²) in [7, 11) is 0. The van der Waals surface area contributed by atoms with Gasteiger partial charge in [0.2, 0.25) is 0 Å². The molecule has 0 amide bonds. The lowest BCUT2D eigenvalue weighted by molar-refractivity contribution is 0.0634. The van der Waals surface area contributed by atoms with Crippen molar-refractivity contribution < 1.29 is 18.6 Å². The second kappa shape index (κ2) is 9.19. The number of ether oxygens (including phenoxy) is 1. The number of nitrogens with zero attached hydrogens (tertiary/aromatic N) is 2. The van der Waals surface area contributed by atoms with E-state index >= 15 is 0 Å². The molecule has 1 aliphatic heterocycles. The summed E-state index contributed by atoms with van der Waals surface area (Å²) in [5.41, 5.74) is 1.08. The molecule has 0 radical (unpaired) electrons. The van der Waals surface area contributed by atoms with Crippen molar-refractivity contribution >= 4 is 33.2 Å². The van der Waals surface area contributed by atoms with Gasteiger partial charge in [-0.25, -0.2) is 8.78 Å². The Balaban J connectivity index is 1.46. The number of aliphatic hydroxyl groups is 1. The summed E-state index contributed by atoms with van der Waals surface area (Å²) >= 11 is 9.05. The number of anilines is 1. The van der Waals surface area contributed by atoms with Gasteiger partial charge in [0, 0.05) is 47.9 Å². The van der Waals surface area contributed by atoms with E-state index in [2.05, 4.69) is 25.7 Å². The number of halogens is 4. The van der Waals surface area contributed by atoms with Crippen molar-refractivity contribution in [2.75, 3.05) is 44.2 Å². The van der Waals surface area contributed by atoms with Crippen LogP contribution in [0.2, 0.25) is 5.02 Å². The Morgan fingerprint density at radius 1 is 1.11 bits per heavy atom. The average Bonchev–Trinajstić information content (AvgIpc) is 2.61. The van der Waals surface area contributed by atoms with Crippen LogP contribution in [0.5, 0.6) is 5.75 Å². The van der Waals surface area contributed by atoms with E-state index in [0.717, 1.165) is 44.0 Å². The van der Waals surface area contributed by atoms with E-state index in [9.17, 15) is 13.9 Å².